The first-order valence-corrected chi connectivity index (χ1v) is 12.1. The van der Waals surface area contributed by atoms with Crippen LogP contribution in [0.5, 0.6) is 5.75 Å². The van der Waals surface area contributed by atoms with Gasteiger partial charge >= 0.3 is 4.87 Å². The summed E-state index contributed by atoms with van der Waals surface area (Å²) in [6, 6.07) is 21.8. The molecule has 0 aliphatic heterocycles. The fourth-order valence-electron chi connectivity index (χ4n) is 3.26. The van der Waals surface area contributed by atoms with Gasteiger partial charge in [-0.25, -0.2) is 13.1 Å². The minimum absolute atomic E-state index is 0.115. The first kappa shape index (κ1) is 21.3. The minimum Gasteiger partial charge on any atom is -0.494 e. The van der Waals surface area contributed by atoms with Crippen LogP contribution in [0.3, 0.4) is 0 Å². The predicted molar refractivity (Wildman–Crippen MR) is 123 cm³/mol. The van der Waals surface area contributed by atoms with Crippen molar-refractivity contribution in [3.63, 3.8) is 0 Å². The van der Waals surface area contributed by atoms with E-state index >= 15 is 0 Å². The Bertz CT molecular complexity index is 1340. The van der Waals surface area contributed by atoms with E-state index in [0.717, 1.165) is 33.7 Å². The summed E-state index contributed by atoms with van der Waals surface area (Å²) in [6.45, 7) is 3.10. The van der Waals surface area contributed by atoms with Crippen LogP contribution in [-0.4, -0.2) is 19.6 Å². The van der Waals surface area contributed by atoms with Crippen LogP contribution in [0.2, 0.25) is 0 Å². The number of ether oxygens (including phenoxy) is 1. The maximum absolute atomic E-state index is 12.8. The van der Waals surface area contributed by atoms with Gasteiger partial charge < -0.3 is 4.74 Å². The van der Waals surface area contributed by atoms with Crippen molar-refractivity contribution >= 4 is 31.6 Å². The van der Waals surface area contributed by atoms with Gasteiger partial charge in [0.15, 0.2) is 0 Å². The van der Waals surface area contributed by atoms with Gasteiger partial charge in [0.2, 0.25) is 10.0 Å². The van der Waals surface area contributed by atoms with Crippen LogP contribution < -0.4 is 14.3 Å². The molecule has 0 atom stereocenters. The first-order chi connectivity index (χ1) is 15.0. The Morgan fingerprint density at radius 2 is 1.71 bits per heavy atom. The number of nitrogens with one attached hydrogen (secondary N) is 1. The van der Waals surface area contributed by atoms with Crippen LogP contribution in [0.4, 0.5) is 0 Å². The van der Waals surface area contributed by atoms with Crippen LogP contribution in [-0.2, 0) is 23.1 Å². The quantitative estimate of drug-likeness (QED) is 0.437. The van der Waals surface area contributed by atoms with E-state index in [1.54, 1.807) is 16.7 Å². The van der Waals surface area contributed by atoms with Crippen molar-refractivity contribution in [3.05, 3.63) is 93.6 Å². The molecule has 1 aromatic heterocycles. The van der Waals surface area contributed by atoms with Crippen molar-refractivity contribution in [2.75, 3.05) is 6.61 Å². The summed E-state index contributed by atoms with van der Waals surface area (Å²) in [5.41, 5.74) is 2.56. The van der Waals surface area contributed by atoms with Crippen molar-refractivity contribution in [1.82, 2.24) is 9.29 Å². The molecule has 0 bridgehead atoms. The SMILES string of the molecule is CCOc1ccc(CNS(=O)(=O)c2ccc3c(c2)sc(=O)n3Cc2ccccc2)cc1. The van der Waals surface area contributed by atoms with E-state index in [2.05, 4.69) is 4.72 Å². The molecule has 4 aromatic rings. The van der Waals surface area contributed by atoms with E-state index in [1.165, 1.54) is 6.07 Å². The summed E-state index contributed by atoms with van der Waals surface area (Å²) < 4.78 is 35.9. The molecule has 160 valence electrons. The van der Waals surface area contributed by atoms with Gasteiger partial charge in [-0.15, -0.1) is 0 Å². The summed E-state index contributed by atoms with van der Waals surface area (Å²) >= 11 is 1.05. The summed E-state index contributed by atoms with van der Waals surface area (Å²) in [5.74, 6) is 0.745. The molecular weight excluding hydrogens is 432 g/mol. The normalized spacial score (nSPS) is 11.6. The number of benzene rings is 3. The maximum Gasteiger partial charge on any atom is 0.308 e. The second kappa shape index (κ2) is 9.05. The molecule has 0 spiro atoms. The lowest BCUT2D eigenvalue weighted by atomic mass is 10.2. The second-order valence-corrected chi connectivity index (χ2v) is 9.73. The van der Waals surface area contributed by atoms with Crippen LogP contribution in [0, 0.1) is 0 Å². The molecule has 3 aromatic carbocycles. The molecule has 4 rings (SSSR count). The Labute approximate surface area is 184 Å². The third kappa shape index (κ3) is 4.87. The molecule has 0 saturated heterocycles. The molecule has 0 amide bonds. The van der Waals surface area contributed by atoms with Gasteiger partial charge in [-0.3, -0.25) is 9.36 Å². The summed E-state index contributed by atoms with van der Waals surface area (Å²) in [5, 5.41) is 0. The second-order valence-electron chi connectivity index (χ2n) is 6.97. The molecule has 1 heterocycles. The van der Waals surface area contributed by atoms with Crippen LogP contribution in [0.1, 0.15) is 18.1 Å². The number of fused-ring (bicyclic) bond motifs is 1. The highest BCUT2D eigenvalue weighted by Gasteiger charge is 2.17. The molecule has 6 nitrogen and oxygen atoms in total. The van der Waals surface area contributed by atoms with Crippen molar-refractivity contribution in [2.24, 2.45) is 0 Å². The molecule has 0 aliphatic carbocycles. The average molecular weight is 455 g/mol. The van der Waals surface area contributed by atoms with Gasteiger partial charge in [-0.1, -0.05) is 53.8 Å². The van der Waals surface area contributed by atoms with E-state index in [9.17, 15) is 13.2 Å². The standard InChI is InChI=1S/C23H22N2O4S2/c1-2-29-19-10-8-17(9-11-19)15-24-31(27,28)20-12-13-21-22(14-20)30-23(26)25(21)16-18-6-4-3-5-7-18/h3-14,24H,2,15-16H2,1H3. The van der Waals surface area contributed by atoms with Gasteiger partial charge in [-0.2, -0.15) is 0 Å². The first-order valence-electron chi connectivity index (χ1n) is 9.85. The van der Waals surface area contributed by atoms with Crippen molar-refractivity contribution in [2.45, 2.75) is 24.9 Å². The number of nitrogens with zero attached hydrogens (tertiary/aromatic N) is 1. The zero-order valence-corrected chi connectivity index (χ0v) is 18.6. The van der Waals surface area contributed by atoms with Crippen molar-refractivity contribution < 1.29 is 13.2 Å². The molecule has 0 radical (unpaired) electrons. The summed E-state index contributed by atoms with van der Waals surface area (Å²) in [4.78, 5) is 12.5. The lowest BCUT2D eigenvalue weighted by Gasteiger charge is -2.09. The van der Waals surface area contributed by atoms with E-state index in [-0.39, 0.29) is 16.3 Å². The maximum atomic E-state index is 12.8. The fourth-order valence-corrected chi connectivity index (χ4v) is 5.31. The molecule has 1 N–H and O–H groups in total. The topological polar surface area (TPSA) is 77.4 Å². The molecule has 0 aliphatic rings. The van der Waals surface area contributed by atoms with Gasteiger partial charge in [0, 0.05) is 6.54 Å². The Hall–Kier alpha value is -2.94. The highest BCUT2D eigenvalue weighted by Crippen LogP contribution is 2.23. The van der Waals surface area contributed by atoms with Gasteiger partial charge in [-0.05, 0) is 48.4 Å². The molecular formula is C23H22N2O4S2. The number of rotatable bonds is 8. The molecule has 0 unspecified atom stereocenters. The minimum atomic E-state index is -3.72. The Morgan fingerprint density at radius 3 is 2.42 bits per heavy atom. The average Bonchev–Trinajstić information content (AvgIpc) is 3.08. The molecule has 8 heteroatoms. The van der Waals surface area contributed by atoms with Gasteiger partial charge in [0.1, 0.15) is 5.75 Å². The molecule has 0 saturated carbocycles. The van der Waals surface area contributed by atoms with Gasteiger partial charge in [0.05, 0.1) is 28.3 Å². The van der Waals surface area contributed by atoms with Crippen LogP contribution >= 0.6 is 11.3 Å². The Balaban J connectivity index is 1.54. The largest absolute Gasteiger partial charge is 0.494 e. The Kier molecular flexibility index (Phi) is 6.22. The van der Waals surface area contributed by atoms with Crippen molar-refractivity contribution in [1.29, 1.82) is 0 Å². The third-order valence-electron chi connectivity index (χ3n) is 4.83. The lowest BCUT2D eigenvalue weighted by Crippen LogP contribution is -2.23. The van der Waals surface area contributed by atoms with E-state index in [0.29, 0.717) is 17.9 Å². The highest BCUT2D eigenvalue weighted by molar-refractivity contribution is 7.89. The Morgan fingerprint density at radius 1 is 0.968 bits per heavy atom. The van der Waals surface area contributed by atoms with Crippen LogP contribution in [0.15, 0.2) is 82.5 Å². The third-order valence-corrected chi connectivity index (χ3v) is 7.18. The number of hydrogen-bond acceptors (Lipinski definition) is 5. The zero-order valence-electron chi connectivity index (χ0n) is 16.9. The zero-order chi connectivity index (χ0) is 21.8. The number of aromatic nitrogens is 1. The van der Waals surface area contributed by atoms with Gasteiger partial charge in [0.25, 0.3) is 0 Å². The summed E-state index contributed by atoms with van der Waals surface area (Å²) in [7, 11) is -3.72. The van der Waals surface area contributed by atoms with E-state index in [1.807, 2.05) is 61.5 Å². The monoisotopic (exact) mass is 454 g/mol. The van der Waals surface area contributed by atoms with E-state index in [4.69, 9.17) is 4.74 Å². The highest BCUT2D eigenvalue weighted by atomic mass is 32.2. The fraction of sp³-hybridized carbons (Fsp3) is 0.174. The molecule has 0 fully saturated rings. The number of thiazole rings is 1. The lowest BCUT2D eigenvalue weighted by molar-refractivity contribution is 0.340. The molecule has 31 heavy (non-hydrogen) atoms. The van der Waals surface area contributed by atoms with Crippen LogP contribution in [0.25, 0.3) is 10.2 Å². The number of hydrogen-bond donors (Lipinski definition) is 1. The summed E-state index contributed by atoms with van der Waals surface area (Å²) in [6.07, 6.45) is 0. The van der Waals surface area contributed by atoms with Crippen molar-refractivity contribution in [3.8, 4) is 5.75 Å². The smallest absolute Gasteiger partial charge is 0.308 e. The predicted octanol–water partition coefficient (Wildman–Crippen LogP) is 3.99. The number of sulfonamides is 1. The van der Waals surface area contributed by atoms with E-state index < -0.39 is 10.0 Å².